The zero-order valence-electron chi connectivity index (χ0n) is 10.6. The van der Waals surface area contributed by atoms with Gasteiger partial charge in [-0.2, -0.15) is 5.26 Å². The highest BCUT2D eigenvalue weighted by atomic mass is 79.9. The Kier molecular flexibility index (Phi) is 4.11. The Balaban J connectivity index is 2.31. The molecule has 1 fully saturated rings. The average Bonchev–Trinajstić information content (AvgIpc) is 2.38. The second kappa shape index (κ2) is 5.62. The van der Waals surface area contributed by atoms with Gasteiger partial charge < -0.3 is 10.0 Å². The van der Waals surface area contributed by atoms with Crippen LogP contribution in [-0.4, -0.2) is 23.7 Å². The van der Waals surface area contributed by atoms with Crippen molar-refractivity contribution in [3.05, 3.63) is 28.2 Å². The molecule has 1 heterocycles. The van der Waals surface area contributed by atoms with Gasteiger partial charge in [-0.1, -0.05) is 6.92 Å². The molecule has 0 aliphatic carbocycles. The second-order valence-electron chi connectivity index (χ2n) is 4.95. The molecule has 1 aliphatic heterocycles. The molecule has 0 saturated carbocycles. The van der Waals surface area contributed by atoms with Crippen LogP contribution in [-0.2, 0) is 4.79 Å². The lowest BCUT2D eigenvalue weighted by molar-refractivity contribution is -0.139. The quantitative estimate of drug-likeness (QED) is 0.909. The van der Waals surface area contributed by atoms with Crippen LogP contribution in [0.5, 0.6) is 0 Å². The lowest BCUT2D eigenvalue weighted by Crippen LogP contribution is -2.47. The maximum Gasteiger partial charge on any atom is 0.326 e. The first kappa shape index (κ1) is 13.9. The summed E-state index contributed by atoms with van der Waals surface area (Å²) in [5.74, 6) is -0.355. The predicted octanol–water partition coefficient (Wildman–Crippen LogP) is 3.01. The topological polar surface area (TPSA) is 64.3 Å². The van der Waals surface area contributed by atoms with Crippen LogP contribution < -0.4 is 4.90 Å². The number of anilines is 1. The van der Waals surface area contributed by atoms with Crippen LogP contribution in [0.2, 0.25) is 0 Å². The maximum absolute atomic E-state index is 11.4. The van der Waals surface area contributed by atoms with Gasteiger partial charge in [-0.25, -0.2) is 4.79 Å². The summed E-state index contributed by atoms with van der Waals surface area (Å²) in [6.45, 7) is 2.82. The second-order valence-corrected chi connectivity index (χ2v) is 5.81. The minimum absolute atomic E-state index is 0.430. The van der Waals surface area contributed by atoms with Gasteiger partial charge in [-0.15, -0.1) is 0 Å². The molecule has 100 valence electrons. The molecular formula is C14H15BrN2O2. The van der Waals surface area contributed by atoms with E-state index in [-0.39, 0.29) is 0 Å². The minimum Gasteiger partial charge on any atom is -0.480 e. The van der Waals surface area contributed by atoms with Crippen LogP contribution >= 0.6 is 15.9 Å². The smallest absolute Gasteiger partial charge is 0.326 e. The van der Waals surface area contributed by atoms with Crippen LogP contribution in [0.4, 0.5) is 5.69 Å². The number of hydrogen-bond donors (Lipinski definition) is 1. The summed E-state index contributed by atoms with van der Waals surface area (Å²) in [4.78, 5) is 13.3. The number of rotatable bonds is 2. The summed E-state index contributed by atoms with van der Waals surface area (Å²) in [7, 11) is 0. The summed E-state index contributed by atoms with van der Waals surface area (Å²) in [6, 6.07) is 6.96. The molecule has 2 unspecified atom stereocenters. The Morgan fingerprint density at radius 1 is 1.58 bits per heavy atom. The highest BCUT2D eigenvalue weighted by Gasteiger charge is 2.31. The molecule has 1 N–H and O–H groups in total. The number of benzene rings is 1. The summed E-state index contributed by atoms with van der Waals surface area (Å²) < 4.78 is 0.704. The number of carboxylic acids is 1. The first-order valence-electron chi connectivity index (χ1n) is 6.22. The lowest BCUT2D eigenvalue weighted by Gasteiger charge is -2.37. The predicted molar refractivity (Wildman–Crippen MR) is 76.0 cm³/mol. The van der Waals surface area contributed by atoms with E-state index in [9.17, 15) is 9.90 Å². The molecule has 0 radical (unpaired) electrons. The van der Waals surface area contributed by atoms with Gasteiger partial charge >= 0.3 is 5.97 Å². The molecule has 2 atom stereocenters. The van der Waals surface area contributed by atoms with E-state index < -0.39 is 12.0 Å². The zero-order valence-corrected chi connectivity index (χ0v) is 12.2. The molecule has 1 aliphatic rings. The number of halogens is 1. The molecule has 1 aromatic carbocycles. The molecule has 0 amide bonds. The largest absolute Gasteiger partial charge is 0.480 e. The average molecular weight is 323 g/mol. The fourth-order valence-electron chi connectivity index (χ4n) is 2.46. The Bertz CT molecular complexity index is 539. The fourth-order valence-corrected chi connectivity index (χ4v) is 2.91. The third kappa shape index (κ3) is 2.90. The number of piperidine rings is 1. The first-order chi connectivity index (χ1) is 9.02. The van der Waals surface area contributed by atoms with Gasteiger partial charge in [0.25, 0.3) is 0 Å². The Hall–Kier alpha value is -1.54. The molecular weight excluding hydrogens is 308 g/mol. The van der Waals surface area contributed by atoms with Gasteiger partial charge in [-0.3, -0.25) is 0 Å². The van der Waals surface area contributed by atoms with E-state index in [4.69, 9.17) is 5.26 Å². The number of aliphatic carboxylic acids is 1. The van der Waals surface area contributed by atoms with Crippen LogP contribution in [0, 0.1) is 17.2 Å². The Labute approximate surface area is 120 Å². The number of hydrogen-bond acceptors (Lipinski definition) is 3. The molecule has 0 spiro atoms. The van der Waals surface area contributed by atoms with E-state index in [0.29, 0.717) is 22.4 Å². The van der Waals surface area contributed by atoms with E-state index in [2.05, 4.69) is 28.9 Å². The van der Waals surface area contributed by atoms with Crippen molar-refractivity contribution in [2.24, 2.45) is 5.92 Å². The van der Waals surface area contributed by atoms with Crippen molar-refractivity contribution in [2.75, 3.05) is 11.4 Å². The van der Waals surface area contributed by atoms with Crippen molar-refractivity contribution < 1.29 is 9.90 Å². The van der Waals surface area contributed by atoms with E-state index >= 15 is 0 Å². The Morgan fingerprint density at radius 2 is 2.32 bits per heavy atom. The standard InChI is InChI=1S/C14H15BrN2O2/c1-9-4-5-17(13(6-9)14(18)19)11-3-2-10(8-16)12(15)7-11/h2-3,7,9,13H,4-6H2,1H3,(H,18,19). The van der Waals surface area contributed by atoms with Crippen molar-refractivity contribution in [3.8, 4) is 6.07 Å². The number of nitrogens with zero attached hydrogens (tertiary/aromatic N) is 2. The van der Waals surface area contributed by atoms with Crippen LogP contribution in [0.1, 0.15) is 25.3 Å². The number of carboxylic acid groups (broad SMARTS) is 1. The van der Waals surface area contributed by atoms with Gasteiger partial charge in [0.05, 0.1) is 5.56 Å². The summed E-state index contributed by atoms with van der Waals surface area (Å²) in [5.41, 5.74) is 1.41. The van der Waals surface area contributed by atoms with E-state index in [0.717, 1.165) is 18.7 Å². The number of nitriles is 1. The van der Waals surface area contributed by atoms with Gasteiger partial charge in [-0.05, 0) is 52.9 Å². The van der Waals surface area contributed by atoms with Crippen LogP contribution in [0.25, 0.3) is 0 Å². The minimum atomic E-state index is -0.785. The van der Waals surface area contributed by atoms with Crippen LogP contribution in [0.15, 0.2) is 22.7 Å². The highest BCUT2D eigenvalue weighted by molar-refractivity contribution is 9.10. The Morgan fingerprint density at radius 3 is 2.89 bits per heavy atom. The van der Waals surface area contributed by atoms with Crippen molar-refractivity contribution >= 4 is 27.6 Å². The van der Waals surface area contributed by atoms with Gasteiger partial charge in [0.2, 0.25) is 0 Å². The maximum atomic E-state index is 11.4. The molecule has 1 aromatic rings. The van der Waals surface area contributed by atoms with Crippen molar-refractivity contribution in [2.45, 2.75) is 25.8 Å². The third-order valence-corrected chi connectivity index (χ3v) is 4.21. The normalized spacial score (nSPS) is 22.9. The molecule has 19 heavy (non-hydrogen) atoms. The molecule has 5 heteroatoms. The zero-order chi connectivity index (χ0) is 14.0. The third-order valence-electron chi connectivity index (χ3n) is 3.55. The van der Waals surface area contributed by atoms with Crippen molar-refractivity contribution in [1.82, 2.24) is 0 Å². The first-order valence-corrected chi connectivity index (χ1v) is 7.01. The monoisotopic (exact) mass is 322 g/mol. The van der Waals surface area contributed by atoms with Gasteiger partial charge in [0.1, 0.15) is 12.1 Å². The van der Waals surface area contributed by atoms with E-state index in [1.54, 1.807) is 6.07 Å². The molecule has 2 rings (SSSR count). The summed E-state index contributed by atoms with van der Waals surface area (Å²) >= 11 is 3.35. The molecule has 4 nitrogen and oxygen atoms in total. The molecule has 1 saturated heterocycles. The summed E-state index contributed by atoms with van der Waals surface area (Å²) in [6.07, 6.45) is 1.65. The van der Waals surface area contributed by atoms with Crippen molar-refractivity contribution in [3.63, 3.8) is 0 Å². The van der Waals surface area contributed by atoms with Gasteiger partial charge in [0, 0.05) is 16.7 Å². The molecule has 0 bridgehead atoms. The summed E-state index contributed by atoms with van der Waals surface area (Å²) in [5, 5.41) is 18.3. The number of carbonyl (C=O) groups is 1. The molecule has 0 aromatic heterocycles. The van der Waals surface area contributed by atoms with E-state index in [1.165, 1.54) is 0 Å². The van der Waals surface area contributed by atoms with E-state index in [1.807, 2.05) is 17.0 Å². The van der Waals surface area contributed by atoms with Crippen LogP contribution in [0.3, 0.4) is 0 Å². The lowest BCUT2D eigenvalue weighted by atomic mass is 9.92. The fraction of sp³-hybridized carbons (Fsp3) is 0.429. The van der Waals surface area contributed by atoms with Gasteiger partial charge in [0.15, 0.2) is 0 Å². The SMILES string of the molecule is CC1CCN(c2ccc(C#N)c(Br)c2)C(C(=O)O)C1. The highest BCUT2D eigenvalue weighted by Crippen LogP contribution is 2.30. The van der Waals surface area contributed by atoms with Crippen molar-refractivity contribution in [1.29, 1.82) is 5.26 Å².